The van der Waals surface area contributed by atoms with E-state index in [2.05, 4.69) is 10.6 Å². The van der Waals surface area contributed by atoms with Crippen molar-refractivity contribution in [3.63, 3.8) is 0 Å². The van der Waals surface area contributed by atoms with E-state index in [1.54, 1.807) is 7.05 Å². The number of carbonyl (C=O) groups excluding carboxylic acids is 1. The van der Waals surface area contributed by atoms with Crippen molar-refractivity contribution in [2.75, 3.05) is 18.9 Å². The molecular formula is C12H12F3N3O. The lowest BCUT2D eigenvalue weighted by Crippen LogP contribution is -2.19. The number of benzene rings is 1. The van der Waals surface area contributed by atoms with Gasteiger partial charge in [0.1, 0.15) is 0 Å². The van der Waals surface area contributed by atoms with E-state index in [0.717, 1.165) is 12.1 Å². The summed E-state index contributed by atoms with van der Waals surface area (Å²) in [6, 6.07) is 4.54. The molecule has 7 heteroatoms. The molecule has 0 heterocycles. The fraction of sp³-hybridized carbons (Fsp3) is 0.333. The molecule has 0 fully saturated rings. The zero-order chi connectivity index (χ0) is 14.5. The summed E-state index contributed by atoms with van der Waals surface area (Å²) in [7, 11) is 1.66. The number of rotatable bonds is 4. The highest BCUT2D eigenvalue weighted by atomic mass is 19.4. The van der Waals surface area contributed by atoms with Crippen LogP contribution in [-0.2, 0) is 11.0 Å². The van der Waals surface area contributed by atoms with Crippen molar-refractivity contribution in [3.05, 3.63) is 29.3 Å². The Morgan fingerprint density at radius 1 is 1.42 bits per heavy atom. The van der Waals surface area contributed by atoms with Gasteiger partial charge in [-0.05, 0) is 25.2 Å². The van der Waals surface area contributed by atoms with Crippen LogP contribution < -0.4 is 10.6 Å². The van der Waals surface area contributed by atoms with Crippen LogP contribution in [0.25, 0.3) is 0 Å². The van der Waals surface area contributed by atoms with Crippen molar-refractivity contribution < 1.29 is 18.0 Å². The van der Waals surface area contributed by atoms with Crippen molar-refractivity contribution in [2.45, 2.75) is 12.6 Å². The van der Waals surface area contributed by atoms with Crippen molar-refractivity contribution in [3.8, 4) is 6.07 Å². The maximum atomic E-state index is 12.7. The van der Waals surface area contributed by atoms with Crippen LogP contribution in [0.4, 0.5) is 18.9 Å². The topological polar surface area (TPSA) is 64.9 Å². The molecule has 0 atom stereocenters. The first-order valence-electron chi connectivity index (χ1n) is 5.44. The Morgan fingerprint density at radius 3 is 2.63 bits per heavy atom. The van der Waals surface area contributed by atoms with Gasteiger partial charge in [0, 0.05) is 18.7 Å². The first kappa shape index (κ1) is 15.0. The normalized spacial score (nSPS) is 10.9. The number of nitriles is 1. The lowest BCUT2D eigenvalue weighted by atomic mass is 10.1. The van der Waals surface area contributed by atoms with Crippen molar-refractivity contribution in [2.24, 2.45) is 0 Å². The lowest BCUT2D eigenvalue weighted by Gasteiger charge is -2.11. The molecule has 0 aromatic heterocycles. The number of nitrogens with one attached hydrogen (secondary N) is 2. The lowest BCUT2D eigenvalue weighted by molar-refractivity contribution is -0.137. The quantitative estimate of drug-likeness (QED) is 0.881. The highest BCUT2D eigenvalue weighted by molar-refractivity contribution is 5.91. The summed E-state index contributed by atoms with van der Waals surface area (Å²) in [5.74, 6) is -0.396. The minimum atomic E-state index is -4.63. The van der Waals surface area contributed by atoms with Gasteiger partial charge in [-0.15, -0.1) is 0 Å². The molecule has 0 radical (unpaired) electrons. The number of amides is 1. The van der Waals surface area contributed by atoms with Crippen molar-refractivity contribution >= 4 is 11.6 Å². The molecule has 19 heavy (non-hydrogen) atoms. The highest BCUT2D eigenvalue weighted by Gasteiger charge is 2.33. The van der Waals surface area contributed by atoms with Crippen LogP contribution in [-0.4, -0.2) is 19.5 Å². The van der Waals surface area contributed by atoms with Gasteiger partial charge in [-0.1, -0.05) is 0 Å². The number of hydrogen-bond acceptors (Lipinski definition) is 3. The molecule has 1 aromatic carbocycles. The smallest absolute Gasteiger partial charge is 0.326 e. The Labute approximate surface area is 108 Å². The van der Waals surface area contributed by atoms with Crippen LogP contribution in [0.2, 0.25) is 0 Å². The van der Waals surface area contributed by atoms with Gasteiger partial charge in [-0.2, -0.15) is 18.4 Å². The zero-order valence-corrected chi connectivity index (χ0v) is 10.1. The van der Waals surface area contributed by atoms with Gasteiger partial charge in [-0.3, -0.25) is 4.79 Å². The van der Waals surface area contributed by atoms with Crippen LogP contribution in [0.3, 0.4) is 0 Å². The maximum absolute atomic E-state index is 12.7. The van der Waals surface area contributed by atoms with Crippen molar-refractivity contribution in [1.82, 2.24) is 5.32 Å². The third-order valence-corrected chi connectivity index (χ3v) is 2.33. The zero-order valence-electron chi connectivity index (χ0n) is 10.1. The molecule has 0 saturated carbocycles. The van der Waals surface area contributed by atoms with Gasteiger partial charge in [0.25, 0.3) is 0 Å². The molecule has 0 aliphatic rings. The van der Waals surface area contributed by atoms with Gasteiger partial charge in [0.2, 0.25) is 5.91 Å². The Kier molecular flexibility index (Phi) is 4.89. The molecule has 1 amide bonds. The Balaban J connectivity index is 2.94. The van der Waals surface area contributed by atoms with Gasteiger partial charge >= 0.3 is 6.18 Å². The number of hydrogen-bond donors (Lipinski definition) is 2. The SMILES string of the molecule is CNCCC(=O)Nc1ccc(C#N)c(C(F)(F)F)c1. The summed E-state index contributed by atoms with van der Waals surface area (Å²) in [6.45, 7) is 0.425. The second-order valence-electron chi connectivity index (χ2n) is 3.77. The molecule has 0 bridgehead atoms. The first-order valence-corrected chi connectivity index (χ1v) is 5.44. The molecule has 0 aliphatic carbocycles. The standard InChI is InChI=1S/C12H12F3N3O/c1-17-5-4-11(19)18-9-3-2-8(7-16)10(6-9)12(13,14)15/h2-3,6,17H,4-5H2,1H3,(H,18,19). The maximum Gasteiger partial charge on any atom is 0.417 e. The molecule has 4 nitrogen and oxygen atoms in total. The van der Waals surface area contributed by atoms with E-state index in [1.807, 2.05) is 0 Å². The van der Waals surface area contributed by atoms with Crippen LogP contribution >= 0.6 is 0 Å². The molecule has 2 N–H and O–H groups in total. The van der Waals surface area contributed by atoms with E-state index in [-0.39, 0.29) is 12.1 Å². The van der Waals surface area contributed by atoms with Crippen LogP contribution in [0.5, 0.6) is 0 Å². The fourth-order valence-corrected chi connectivity index (χ4v) is 1.42. The number of carbonyl (C=O) groups is 1. The number of nitrogens with zero attached hydrogens (tertiary/aromatic N) is 1. The second kappa shape index (κ2) is 6.20. The fourth-order valence-electron chi connectivity index (χ4n) is 1.42. The largest absolute Gasteiger partial charge is 0.417 e. The second-order valence-corrected chi connectivity index (χ2v) is 3.77. The molecule has 0 unspecified atom stereocenters. The first-order chi connectivity index (χ1) is 8.88. The summed E-state index contributed by atoms with van der Waals surface area (Å²) in [5.41, 5.74) is -1.51. The van der Waals surface area contributed by atoms with Gasteiger partial charge < -0.3 is 10.6 Å². The van der Waals surface area contributed by atoms with Crippen LogP contribution in [0, 0.1) is 11.3 Å². The molecular weight excluding hydrogens is 259 g/mol. The van der Waals surface area contributed by atoms with Gasteiger partial charge in [-0.25, -0.2) is 0 Å². The van der Waals surface area contributed by atoms with Crippen molar-refractivity contribution in [1.29, 1.82) is 5.26 Å². The Bertz CT molecular complexity index is 506. The number of halogens is 3. The van der Waals surface area contributed by atoms with Crippen LogP contribution in [0.1, 0.15) is 17.5 Å². The summed E-state index contributed by atoms with van der Waals surface area (Å²) in [4.78, 5) is 11.4. The Hall–Kier alpha value is -2.07. The summed E-state index contributed by atoms with van der Waals surface area (Å²) < 4.78 is 38.0. The molecule has 102 valence electrons. The van der Waals surface area contributed by atoms with E-state index in [4.69, 9.17) is 5.26 Å². The van der Waals surface area contributed by atoms with E-state index in [9.17, 15) is 18.0 Å². The predicted molar refractivity (Wildman–Crippen MR) is 63.3 cm³/mol. The van der Waals surface area contributed by atoms with E-state index < -0.39 is 23.2 Å². The summed E-state index contributed by atoms with van der Waals surface area (Å²) >= 11 is 0. The number of alkyl halides is 3. The molecule has 1 aromatic rings. The summed E-state index contributed by atoms with van der Waals surface area (Å²) in [5, 5.41) is 13.7. The number of anilines is 1. The summed E-state index contributed by atoms with van der Waals surface area (Å²) in [6.07, 6.45) is -4.48. The molecule has 0 saturated heterocycles. The van der Waals surface area contributed by atoms with E-state index in [0.29, 0.717) is 6.54 Å². The predicted octanol–water partition coefficient (Wildman–Crippen LogP) is 2.13. The van der Waals surface area contributed by atoms with Gasteiger partial charge in [0.05, 0.1) is 17.2 Å². The van der Waals surface area contributed by atoms with E-state index in [1.165, 1.54) is 12.1 Å². The third kappa shape index (κ3) is 4.26. The average Bonchev–Trinajstić information content (AvgIpc) is 2.35. The minimum absolute atomic E-state index is 0.0208. The average molecular weight is 271 g/mol. The van der Waals surface area contributed by atoms with Crippen LogP contribution in [0.15, 0.2) is 18.2 Å². The Morgan fingerprint density at radius 2 is 2.11 bits per heavy atom. The van der Waals surface area contributed by atoms with Gasteiger partial charge in [0.15, 0.2) is 0 Å². The molecule has 0 spiro atoms. The van der Waals surface area contributed by atoms with E-state index >= 15 is 0 Å². The third-order valence-electron chi connectivity index (χ3n) is 2.33. The molecule has 0 aliphatic heterocycles. The highest BCUT2D eigenvalue weighted by Crippen LogP contribution is 2.33. The monoisotopic (exact) mass is 271 g/mol. The minimum Gasteiger partial charge on any atom is -0.326 e. The molecule has 1 rings (SSSR count).